The molecule has 0 aliphatic heterocycles. The molecule has 0 fully saturated rings. The fourth-order valence-electron chi connectivity index (χ4n) is 2.39. The molecule has 3 aromatic rings. The van der Waals surface area contributed by atoms with Crippen LogP contribution in [0.25, 0.3) is 11.4 Å². The number of rotatable bonds is 5. The average Bonchev–Trinajstić information content (AvgIpc) is 2.94. The molecular formula is C18H19BrN4S. The van der Waals surface area contributed by atoms with E-state index >= 15 is 0 Å². The Labute approximate surface area is 155 Å². The molecule has 0 saturated heterocycles. The van der Waals surface area contributed by atoms with Gasteiger partial charge in [0.1, 0.15) is 0 Å². The lowest BCUT2D eigenvalue weighted by Gasteiger charge is -2.13. The molecule has 4 nitrogen and oxygen atoms in total. The van der Waals surface area contributed by atoms with Crippen molar-refractivity contribution in [1.82, 2.24) is 14.8 Å². The van der Waals surface area contributed by atoms with Gasteiger partial charge >= 0.3 is 0 Å². The maximum Gasteiger partial charge on any atom is 0.191 e. The van der Waals surface area contributed by atoms with Crippen LogP contribution in [-0.4, -0.2) is 28.9 Å². The Balaban J connectivity index is 1.80. The number of hydrogen-bond donors (Lipinski definition) is 0. The van der Waals surface area contributed by atoms with Crippen molar-refractivity contribution in [3.05, 3.63) is 58.6 Å². The molecule has 124 valence electrons. The van der Waals surface area contributed by atoms with Crippen molar-refractivity contribution in [3.63, 3.8) is 0 Å². The second-order valence-corrected chi connectivity index (χ2v) is 7.59. The summed E-state index contributed by atoms with van der Waals surface area (Å²) in [7, 11) is 6.09. The summed E-state index contributed by atoms with van der Waals surface area (Å²) in [6, 6.07) is 16.7. The lowest BCUT2D eigenvalue weighted by atomic mass is 10.2. The Hall–Kier alpha value is -1.79. The molecule has 0 radical (unpaired) electrons. The number of benzene rings is 2. The number of aromatic nitrogens is 3. The van der Waals surface area contributed by atoms with Crippen LogP contribution in [0.4, 0.5) is 5.69 Å². The summed E-state index contributed by atoms with van der Waals surface area (Å²) in [6.45, 7) is 0. The van der Waals surface area contributed by atoms with Crippen LogP contribution in [0.3, 0.4) is 0 Å². The van der Waals surface area contributed by atoms with Gasteiger partial charge in [0.15, 0.2) is 11.0 Å². The van der Waals surface area contributed by atoms with Gasteiger partial charge in [-0.3, -0.25) is 0 Å². The van der Waals surface area contributed by atoms with Crippen molar-refractivity contribution in [2.24, 2.45) is 7.05 Å². The van der Waals surface area contributed by atoms with Crippen LogP contribution < -0.4 is 4.90 Å². The Morgan fingerprint density at radius 2 is 1.88 bits per heavy atom. The van der Waals surface area contributed by atoms with Crippen molar-refractivity contribution >= 4 is 33.4 Å². The van der Waals surface area contributed by atoms with Crippen LogP contribution in [0.15, 0.2) is 58.2 Å². The lowest BCUT2D eigenvalue weighted by Crippen LogP contribution is -2.08. The molecule has 0 spiro atoms. The van der Waals surface area contributed by atoms with Crippen molar-refractivity contribution in [1.29, 1.82) is 0 Å². The molecule has 0 saturated carbocycles. The molecule has 0 unspecified atom stereocenters. The van der Waals surface area contributed by atoms with Crippen LogP contribution in [0.5, 0.6) is 0 Å². The van der Waals surface area contributed by atoms with Crippen LogP contribution in [0.1, 0.15) is 5.56 Å². The quantitative estimate of drug-likeness (QED) is 0.583. The SMILES string of the molecule is CN(C)c1cccc(-c2nnc(SCc3cccc(Br)c3)n2C)c1. The monoisotopic (exact) mass is 402 g/mol. The maximum absolute atomic E-state index is 4.38. The van der Waals surface area contributed by atoms with Gasteiger partial charge in [-0.15, -0.1) is 10.2 Å². The van der Waals surface area contributed by atoms with E-state index in [1.54, 1.807) is 11.8 Å². The smallest absolute Gasteiger partial charge is 0.191 e. The summed E-state index contributed by atoms with van der Waals surface area (Å²) in [5.74, 6) is 1.75. The predicted octanol–water partition coefficient (Wildman–Crippen LogP) is 4.60. The fourth-order valence-corrected chi connectivity index (χ4v) is 3.69. The zero-order valence-corrected chi connectivity index (χ0v) is 16.3. The van der Waals surface area contributed by atoms with Gasteiger partial charge in [-0.1, -0.05) is 52.0 Å². The van der Waals surface area contributed by atoms with E-state index in [1.165, 1.54) is 5.56 Å². The van der Waals surface area contributed by atoms with E-state index < -0.39 is 0 Å². The molecule has 0 N–H and O–H groups in total. The molecule has 6 heteroatoms. The molecule has 0 bridgehead atoms. The fraction of sp³-hybridized carbons (Fsp3) is 0.222. The minimum Gasteiger partial charge on any atom is -0.378 e. The Kier molecular flexibility index (Phi) is 5.26. The summed E-state index contributed by atoms with van der Waals surface area (Å²) in [5, 5.41) is 9.65. The second-order valence-electron chi connectivity index (χ2n) is 5.73. The summed E-state index contributed by atoms with van der Waals surface area (Å²) in [4.78, 5) is 2.09. The molecule has 2 aromatic carbocycles. The number of hydrogen-bond acceptors (Lipinski definition) is 4. The van der Waals surface area contributed by atoms with Gasteiger partial charge in [0.05, 0.1) is 0 Å². The minimum absolute atomic E-state index is 0.864. The zero-order valence-electron chi connectivity index (χ0n) is 13.9. The lowest BCUT2D eigenvalue weighted by molar-refractivity contribution is 0.794. The number of anilines is 1. The molecule has 0 atom stereocenters. The highest BCUT2D eigenvalue weighted by atomic mass is 79.9. The topological polar surface area (TPSA) is 34.0 Å². The standard InChI is InChI=1S/C18H19BrN4S/c1-22(2)16-9-5-7-14(11-16)17-20-21-18(23(17)3)24-12-13-6-4-8-15(19)10-13/h4-11H,12H2,1-3H3. The highest BCUT2D eigenvalue weighted by Gasteiger charge is 2.12. The average molecular weight is 403 g/mol. The summed E-state index contributed by atoms with van der Waals surface area (Å²) in [5.41, 5.74) is 3.48. The first kappa shape index (κ1) is 17.0. The van der Waals surface area contributed by atoms with Crippen LogP contribution in [-0.2, 0) is 12.8 Å². The zero-order chi connectivity index (χ0) is 17.1. The first-order valence-electron chi connectivity index (χ1n) is 7.59. The summed E-state index contributed by atoms with van der Waals surface area (Å²) < 4.78 is 3.15. The van der Waals surface area contributed by atoms with Crippen molar-refractivity contribution in [2.75, 3.05) is 19.0 Å². The van der Waals surface area contributed by atoms with Gasteiger partial charge in [0.25, 0.3) is 0 Å². The van der Waals surface area contributed by atoms with Gasteiger partial charge in [-0.2, -0.15) is 0 Å². The Morgan fingerprint density at radius 1 is 1.08 bits per heavy atom. The molecule has 24 heavy (non-hydrogen) atoms. The molecule has 1 heterocycles. The normalized spacial score (nSPS) is 10.8. The third-order valence-electron chi connectivity index (χ3n) is 3.71. The maximum atomic E-state index is 4.38. The van der Waals surface area contributed by atoms with Crippen molar-refractivity contribution in [2.45, 2.75) is 10.9 Å². The third-order valence-corrected chi connectivity index (χ3v) is 5.30. The third kappa shape index (κ3) is 3.82. The number of thioether (sulfide) groups is 1. The van der Waals surface area contributed by atoms with E-state index in [1.807, 2.05) is 33.3 Å². The molecule has 0 amide bonds. The van der Waals surface area contributed by atoms with Gasteiger partial charge in [-0.05, 0) is 29.8 Å². The Bertz CT molecular complexity index is 845. The van der Waals surface area contributed by atoms with E-state index in [0.29, 0.717) is 0 Å². The van der Waals surface area contributed by atoms with Crippen LogP contribution >= 0.6 is 27.7 Å². The highest BCUT2D eigenvalue weighted by Crippen LogP contribution is 2.27. The van der Waals surface area contributed by atoms with Gasteiger partial charge < -0.3 is 9.47 Å². The summed E-state index contributed by atoms with van der Waals surface area (Å²) in [6.07, 6.45) is 0. The van der Waals surface area contributed by atoms with Crippen molar-refractivity contribution in [3.8, 4) is 11.4 Å². The van der Waals surface area contributed by atoms with Gasteiger partial charge in [0.2, 0.25) is 0 Å². The van der Waals surface area contributed by atoms with Gasteiger partial charge in [-0.25, -0.2) is 0 Å². The first-order valence-corrected chi connectivity index (χ1v) is 9.37. The molecular weight excluding hydrogens is 384 g/mol. The minimum atomic E-state index is 0.864. The first-order chi connectivity index (χ1) is 11.5. The highest BCUT2D eigenvalue weighted by molar-refractivity contribution is 9.10. The van der Waals surface area contributed by atoms with E-state index in [9.17, 15) is 0 Å². The number of halogens is 1. The molecule has 1 aromatic heterocycles. The Morgan fingerprint density at radius 3 is 2.62 bits per heavy atom. The van der Waals surface area contributed by atoms with E-state index in [4.69, 9.17) is 0 Å². The van der Waals surface area contributed by atoms with E-state index in [2.05, 4.69) is 72.0 Å². The van der Waals surface area contributed by atoms with Crippen LogP contribution in [0, 0.1) is 0 Å². The predicted molar refractivity (Wildman–Crippen MR) is 104 cm³/mol. The van der Waals surface area contributed by atoms with E-state index in [-0.39, 0.29) is 0 Å². The molecule has 0 aliphatic rings. The van der Waals surface area contributed by atoms with Crippen LogP contribution in [0.2, 0.25) is 0 Å². The second kappa shape index (κ2) is 7.40. The largest absolute Gasteiger partial charge is 0.378 e. The van der Waals surface area contributed by atoms with E-state index in [0.717, 1.165) is 32.5 Å². The van der Waals surface area contributed by atoms with Crippen molar-refractivity contribution < 1.29 is 0 Å². The molecule has 0 aliphatic carbocycles. The molecule has 3 rings (SSSR count). The number of nitrogens with zero attached hydrogens (tertiary/aromatic N) is 4. The summed E-state index contributed by atoms with van der Waals surface area (Å²) >= 11 is 5.20. The van der Waals surface area contributed by atoms with Gasteiger partial charge in [0, 0.05) is 42.6 Å².